The van der Waals surface area contributed by atoms with Gasteiger partial charge in [0.2, 0.25) is 0 Å². The molecule has 0 aromatic rings. The average molecular weight is 459 g/mol. The molecule has 0 fully saturated rings. The van der Waals surface area contributed by atoms with E-state index in [9.17, 15) is 19.5 Å². The van der Waals surface area contributed by atoms with Crippen molar-refractivity contribution < 1.29 is 29.7 Å². The Balaban J connectivity index is 0. The minimum Gasteiger partial charge on any atom is -0.481 e. The van der Waals surface area contributed by atoms with Crippen molar-refractivity contribution in [2.75, 3.05) is 0 Å². The number of unbranched alkanes of at least 4 members (excludes halogenated alkanes) is 13. The second-order valence-electron chi connectivity index (χ2n) is 8.85. The quantitative estimate of drug-likeness (QED) is 0.143. The predicted octanol–water partition coefficient (Wildman–Crippen LogP) is 7.68. The van der Waals surface area contributed by atoms with Crippen LogP contribution in [0.5, 0.6) is 0 Å². The Morgan fingerprint density at radius 2 is 0.812 bits per heavy atom. The van der Waals surface area contributed by atoms with Gasteiger partial charge in [0.1, 0.15) is 0 Å². The second-order valence-corrected chi connectivity index (χ2v) is 8.85. The Morgan fingerprint density at radius 1 is 0.500 bits per heavy atom. The molecular formula is C26H50O6. The van der Waals surface area contributed by atoms with Gasteiger partial charge < -0.3 is 15.3 Å². The Kier molecular flexibility index (Phi) is 26.1. The van der Waals surface area contributed by atoms with Crippen LogP contribution in [0.2, 0.25) is 0 Å². The fourth-order valence-electron chi connectivity index (χ4n) is 3.64. The summed E-state index contributed by atoms with van der Waals surface area (Å²) < 4.78 is 0. The lowest BCUT2D eigenvalue weighted by atomic mass is 9.94. The van der Waals surface area contributed by atoms with Crippen molar-refractivity contribution >= 4 is 17.9 Å². The summed E-state index contributed by atoms with van der Waals surface area (Å²) in [6.45, 7) is 4.40. The molecule has 32 heavy (non-hydrogen) atoms. The fraction of sp³-hybridized carbons (Fsp3) is 0.885. The van der Waals surface area contributed by atoms with Crippen LogP contribution < -0.4 is 0 Å². The van der Waals surface area contributed by atoms with Gasteiger partial charge in [-0.1, -0.05) is 104 Å². The van der Waals surface area contributed by atoms with Crippen molar-refractivity contribution in [2.24, 2.45) is 5.92 Å². The zero-order valence-electron chi connectivity index (χ0n) is 20.8. The molecular weight excluding hydrogens is 408 g/mol. The van der Waals surface area contributed by atoms with Gasteiger partial charge in [0.25, 0.3) is 0 Å². The first-order valence-electron chi connectivity index (χ1n) is 13.0. The minimum absolute atomic E-state index is 0.0898. The minimum atomic E-state index is -0.740. The van der Waals surface area contributed by atoms with Crippen LogP contribution in [0.25, 0.3) is 0 Å². The number of carboxylic acid groups (broad SMARTS) is 3. The maximum absolute atomic E-state index is 11.1. The molecule has 0 radical (unpaired) electrons. The van der Waals surface area contributed by atoms with Gasteiger partial charge >= 0.3 is 17.9 Å². The summed E-state index contributed by atoms with van der Waals surface area (Å²) >= 11 is 0. The lowest BCUT2D eigenvalue weighted by molar-refractivity contribution is -0.142. The van der Waals surface area contributed by atoms with Gasteiger partial charge in [-0.2, -0.15) is 0 Å². The highest BCUT2D eigenvalue weighted by molar-refractivity contribution is 5.69. The Morgan fingerprint density at radius 3 is 1.16 bits per heavy atom. The van der Waals surface area contributed by atoms with E-state index in [4.69, 9.17) is 10.2 Å². The standard InChI is InChI=1S/C16H32O2.C10H18O4/c1-3-5-7-9-10-12-14-15(16(17)18)13-11-8-6-4-2;11-9(12)7-5-3-1-2-4-6-8-10(13)14/h15H,3-14H2,1-2H3,(H,17,18);1-8H2,(H,11,12)(H,13,14). The second kappa shape index (κ2) is 25.7. The zero-order valence-corrected chi connectivity index (χ0v) is 20.8. The van der Waals surface area contributed by atoms with E-state index in [2.05, 4.69) is 13.8 Å². The molecule has 0 saturated heterocycles. The maximum Gasteiger partial charge on any atom is 0.306 e. The lowest BCUT2D eigenvalue weighted by Gasteiger charge is -2.11. The molecule has 0 aliphatic heterocycles. The molecule has 0 aromatic heterocycles. The number of hydrogen-bond acceptors (Lipinski definition) is 3. The molecule has 0 aromatic carbocycles. The van der Waals surface area contributed by atoms with Crippen LogP contribution in [0.1, 0.15) is 142 Å². The van der Waals surface area contributed by atoms with Crippen LogP contribution in [-0.2, 0) is 14.4 Å². The number of hydrogen-bond donors (Lipinski definition) is 3. The van der Waals surface area contributed by atoms with Crippen LogP contribution in [0, 0.1) is 5.92 Å². The summed E-state index contributed by atoms with van der Waals surface area (Å²) in [5, 5.41) is 25.9. The summed E-state index contributed by atoms with van der Waals surface area (Å²) in [6, 6.07) is 0. The Hall–Kier alpha value is -1.59. The number of rotatable bonds is 22. The third kappa shape index (κ3) is 28.4. The summed E-state index contributed by atoms with van der Waals surface area (Å²) in [6.07, 6.45) is 19.8. The van der Waals surface area contributed by atoms with Crippen LogP contribution in [0.3, 0.4) is 0 Å². The molecule has 0 rings (SSSR count). The number of carbonyl (C=O) groups is 3. The highest BCUT2D eigenvalue weighted by Crippen LogP contribution is 2.19. The van der Waals surface area contributed by atoms with Gasteiger partial charge in [-0.25, -0.2) is 0 Å². The molecule has 3 N–H and O–H groups in total. The van der Waals surface area contributed by atoms with E-state index in [1.807, 2.05) is 0 Å². The van der Waals surface area contributed by atoms with E-state index in [1.54, 1.807) is 0 Å². The first kappa shape index (κ1) is 32.6. The summed E-state index contributed by atoms with van der Waals surface area (Å²) in [4.78, 5) is 31.4. The molecule has 0 saturated carbocycles. The van der Waals surface area contributed by atoms with Gasteiger partial charge in [-0.05, 0) is 25.7 Å². The number of carboxylic acids is 3. The third-order valence-electron chi connectivity index (χ3n) is 5.69. The fourth-order valence-corrected chi connectivity index (χ4v) is 3.64. The molecule has 0 aliphatic rings. The van der Waals surface area contributed by atoms with Crippen molar-refractivity contribution in [1.29, 1.82) is 0 Å². The summed E-state index contributed by atoms with van der Waals surface area (Å²) in [5.41, 5.74) is 0. The van der Waals surface area contributed by atoms with Gasteiger partial charge in [0.05, 0.1) is 5.92 Å². The van der Waals surface area contributed by atoms with Crippen LogP contribution >= 0.6 is 0 Å². The first-order chi connectivity index (χ1) is 15.3. The largest absolute Gasteiger partial charge is 0.481 e. The maximum atomic E-state index is 11.1. The topological polar surface area (TPSA) is 112 Å². The van der Waals surface area contributed by atoms with Crippen molar-refractivity contribution in [1.82, 2.24) is 0 Å². The molecule has 190 valence electrons. The van der Waals surface area contributed by atoms with Crippen LogP contribution in [-0.4, -0.2) is 33.2 Å². The van der Waals surface area contributed by atoms with Gasteiger partial charge in [0, 0.05) is 12.8 Å². The lowest BCUT2D eigenvalue weighted by Crippen LogP contribution is -2.13. The summed E-state index contributed by atoms with van der Waals surface area (Å²) in [7, 11) is 0. The van der Waals surface area contributed by atoms with Crippen molar-refractivity contribution in [3.05, 3.63) is 0 Å². The predicted molar refractivity (Wildman–Crippen MR) is 130 cm³/mol. The molecule has 6 nitrogen and oxygen atoms in total. The normalized spacial score (nSPS) is 11.4. The molecule has 0 amide bonds. The van der Waals surface area contributed by atoms with Crippen molar-refractivity contribution in [3.63, 3.8) is 0 Å². The highest BCUT2D eigenvalue weighted by atomic mass is 16.4. The molecule has 1 unspecified atom stereocenters. The zero-order chi connectivity index (χ0) is 24.5. The van der Waals surface area contributed by atoms with E-state index < -0.39 is 17.9 Å². The third-order valence-corrected chi connectivity index (χ3v) is 5.69. The van der Waals surface area contributed by atoms with E-state index >= 15 is 0 Å². The van der Waals surface area contributed by atoms with Gasteiger partial charge in [-0.15, -0.1) is 0 Å². The van der Waals surface area contributed by atoms with Crippen molar-refractivity contribution in [3.8, 4) is 0 Å². The van der Waals surface area contributed by atoms with Gasteiger partial charge in [-0.3, -0.25) is 14.4 Å². The van der Waals surface area contributed by atoms with E-state index in [-0.39, 0.29) is 18.8 Å². The molecule has 0 aliphatic carbocycles. The summed E-state index contributed by atoms with van der Waals surface area (Å²) in [5.74, 6) is -2.15. The number of aliphatic carboxylic acids is 3. The highest BCUT2D eigenvalue weighted by Gasteiger charge is 2.16. The van der Waals surface area contributed by atoms with Crippen molar-refractivity contribution in [2.45, 2.75) is 142 Å². The Labute approximate surface area is 196 Å². The van der Waals surface area contributed by atoms with Crippen LogP contribution in [0.15, 0.2) is 0 Å². The molecule has 0 bridgehead atoms. The molecule has 0 spiro atoms. The van der Waals surface area contributed by atoms with Crippen LogP contribution in [0.4, 0.5) is 0 Å². The smallest absolute Gasteiger partial charge is 0.306 e. The molecule has 1 atom stereocenters. The SMILES string of the molecule is CCCCCCCCC(CCCCCC)C(=O)O.O=C(O)CCCCCCCCC(=O)O. The van der Waals surface area contributed by atoms with E-state index in [0.717, 1.165) is 64.2 Å². The van der Waals surface area contributed by atoms with E-state index in [0.29, 0.717) is 0 Å². The first-order valence-corrected chi connectivity index (χ1v) is 13.0. The van der Waals surface area contributed by atoms with Gasteiger partial charge in [0.15, 0.2) is 0 Å². The molecule has 0 heterocycles. The molecule has 6 heteroatoms. The Bertz CT molecular complexity index is 430. The van der Waals surface area contributed by atoms with E-state index in [1.165, 1.54) is 51.4 Å². The monoisotopic (exact) mass is 458 g/mol. The average Bonchev–Trinajstić information content (AvgIpc) is 2.73.